The van der Waals surface area contributed by atoms with Crippen molar-refractivity contribution in [3.8, 4) is 0 Å². The molecule has 0 aliphatic carbocycles. The summed E-state index contributed by atoms with van der Waals surface area (Å²) in [5, 5.41) is 4.39. The van der Waals surface area contributed by atoms with E-state index in [2.05, 4.69) is 39.3 Å². The molecule has 1 aliphatic heterocycles. The second-order valence-electron chi connectivity index (χ2n) is 5.05. The zero-order chi connectivity index (χ0) is 15.1. The van der Waals surface area contributed by atoms with Gasteiger partial charge in [0.05, 0.1) is 6.26 Å². The lowest BCUT2D eigenvalue weighted by molar-refractivity contribution is 0.586. The fourth-order valence-electron chi connectivity index (χ4n) is 2.05. The first kappa shape index (κ1) is 16.3. The van der Waals surface area contributed by atoms with Gasteiger partial charge in [-0.2, -0.15) is 0 Å². The van der Waals surface area contributed by atoms with Gasteiger partial charge in [0.25, 0.3) is 0 Å². The van der Waals surface area contributed by atoms with Gasteiger partial charge in [-0.15, -0.1) is 0 Å². The minimum absolute atomic E-state index is 0.422. The summed E-state index contributed by atoms with van der Waals surface area (Å²) in [6.45, 7) is 1.07. The molecule has 1 saturated heterocycles. The van der Waals surface area contributed by atoms with Crippen LogP contribution in [0.5, 0.6) is 0 Å². The van der Waals surface area contributed by atoms with Crippen LogP contribution in [0.3, 0.4) is 0 Å². The van der Waals surface area contributed by atoms with Crippen molar-refractivity contribution in [2.75, 3.05) is 25.1 Å². The molecule has 0 amide bonds. The summed E-state index contributed by atoms with van der Waals surface area (Å²) < 4.78 is 24.3. The standard InChI is InChI=1S/C14H21N3O2S2/c1-21(18,19)16-9-5-8-15-14-17-13(11-20-14)10-12-6-3-2-4-7-12/h2-4,6-7,13,16H,5,8-11H2,1H3,(H,15,17). The molecule has 7 heteroatoms. The summed E-state index contributed by atoms with van der Waals surface area (Å²) >= 11 is 1.73. The molecule has 0 aromatic heterocycles. The number of hydrogen-bond donors (Lipinski definition) is 2. The molecule has 1 aromatic rings. The third kappa shape index (κ3) is 6.50. The van der Waals surface area contributed by atoms with Crippen LogP contribution in [0.15, 0.2) is 35.3 Å². The highest BCUT2D eigenvalue weighted by Crippen LogP contribution is 2.17. The van der Waals surface area contributed by atoms with E-state index < -0.39 is 10.0 Å². The van der Waals surface area contributed by atoms with Gasteiger partial charge >= 0.3 is 0 Å². The maximum Gasteiger partial charge on any atom is 0.208 e. The van der Waals surface area contributed by atoms with Crippen LogP contribution in [0, 0.1) is 0 Å². The molecule has 2 N–H and O–H groups in total. The molecule has 1 heterocycles. The summed E-state index contributed by atoms with van der Waals surface area (Å²) in [7, 11) is -3.09. The van der Waals surface area contributed by atoms with Gasteiger partial charge in [-0.05, 0) is 18.4 Å². The van der Waals surface area contributed by atoms with Crippen molar-refractivity contribution < 1.29 is 8.42 Å². The SMILES string of the molecule is CS(=O)(=O)NCCCN=C1NC(Cc2ccccc2)CS1. The first-order valence-electron chi connectivity index (χ1n) is 6.95. The zero-order valence-corrected chi connectivity index (χ0v) is 13.7. The van der Waals surface area contributed by atoms with E-state index in [1.807, 2.05) is 6.07 Å². The molecular weight excluding hydrogens is 306 g/mol. The van der Waals surface area contributed by atoms with Crippen LogP contribution in [0.2, 0.25) is 0 Å². The normalized spacial score (nSPS) is 20.6. The summed E-state index contributed by atoms with van der Waals surface area (Å²) in [4.78, 5) is 4.47. The van der Waals surface area contributed by atoms with E-state index in [0.29, 0.717) is 25.6 Å². The summed E-state index contributed by atoms with van der Waals surface area (Å²) in [6, 6.07) is 10.8. The average Bonchev–Trinajstić information content (AvgIpc) is 2.86. The topological polar surface area (TPSA) is 70.6 Å². The third-order valence-corrected chi connectivity index (χ3v) is 4.85. The molecule has 1 atom stereocenters. The van der Waals surface area contributed by atoms with Crippen molar-refractivity contribution in [3.05, 3.63) is 35.9 Å². The minimum Gasteiger partial charge on any atom is -0.361 e. The Morgan fingerprint density at radius 3 is 2.86 bits per heavy atom. The number of benzene rings is 1. The second-order valence-corrected chi connectivity index (χ2v) is 7.89. The number of thioether (sulfide) groups is 1. The van der Waals surface area contributed by atoms with Gasteiger partial charge in [-0.3, -0.25) is 4.99 Å². The Labute approximate surface area is 130 Å². The van der Waals surface area contributed by atoms with Gasteiger partial charge in [-0.25, -0.2) is 13.1 Å². The number of rotatable bonds is 7. The molecular formula is C14H21N3O2S2. The lowest BCUT2D eigenvalue weighted by atomic mass is 10.1. The van der Waals surface area contributed by atoms with E-state index in [1.54, 1.807) is 11.8 Å². The van der Waals surface area contributed by atoms with Crippen LogP contribution in [-0.2, 0) is 16.4 Å². The van der Waals surface area contributed by atoms with E-state index in [0.717, 1.165) is 17.3 Å². The summed E-state index contributed by atoms with van der Waals surface area (Å²) in [6.07, 6.45) is 2.88. The highest BCUT2D eigenvalue weighted by Gasteiger charge is 2.19. The predicted octanol–water partition coefficient (Wildman–Crippen LogP) is 1.23. The fraction of sp³-hybridized carbons (Fsp3) is 0.500. The van der Waals surface area contributed by atoms with Crippen molar-refractivity contribution in [3.63, 3.8) is 0 Å². The maximum atomic E-state index is 10.9. The van der Waals surface area contributed by atoms with E-state index in [-0.39, 0.29) is 0 Å². The van der Waals surface area contributed by atoms with Gasteiger partial charge < -0.3 is 5.32 Å². The molecule has 2 rings (SSSR count). The van der Waals surface area contributed by atoms with Gasteiger partial charge in [-0.1, -0.05) is 42.1 Å². The van der Waals surface area contributed by atoms with Crippen LogP contribution in [0.4, 0.5) is 0 Å². The second kappa shape index (κ2) is 7.82. The van der Waals surface area contributed by atoms with Gasteiger partial charge in [0.1, 0.15) is 0 Å². The van der Waals surface area contributed by atoms with E-state index in [9.17, 15) is 8.42 Å². The van der Waals surface area contributed by atoms with Gasteiger partial charge in [0.2, 0.25) is 10.0 Å². The predicted molar refractivity (Wildman–Crippen MR) is 89.3 cm³/mol. The molecule has 1 aromatic carbocycles. The molecule has 0 spiro atoms. The molecule has 116 valence electrons. The van der Waals surface area contributed by atoms with Crippen LogP contribution in [-0.4, -0.2) is 44.7 Å². The Hall–Kier alpha value is -1.05. The number of nitrogens with one attached hydrogen (secondary N) is 2. The molecule has 0 bridgehead atoms. The van der Waals surface area contributed by atoms with E-state index >= 15 is 0 Å². The highest BCUT2D eigenvalue weighted by molar-refractivity contribution is 8.14. The Bertz CT molecular complexity index is 573. The van der Waals surface area contributed by atoms with Gasteiger partial charge in [0, 0.05) is 24.9 Å². The molecule has 0 saturated carbocycles. The average molecular weight is 327 g/mol. The number of sulfonamides is 1. The minimum atomic E-state index is -3.09. The quantitative estimate of drug-likeness (QED) is 0.739. The largest absolute Gasteiger partial charge is 0.361 e. The first-order chi connectivity index (χ1) is 10.0. The maximum absolute atomic E-state index is 10.9. The van der Waals surface area contributed by atoms with Crippen molar-refractivity contribution in [2.45, 2.75) is 18.9 Å². The highest BCUT2D eigenvalue weighted by atomic mass is 32.2. The van der Waals surface area contributed by atoms with Crippen molar-refractivity contribution in [2.24, 2.45) is 4.99 Å². The molecule has 1 fully saturated rings. The molecule has 21 heavy (non-hydrogen) atoms. The van der Waals surface area contributed by atoms with Crippen LogP contribution >= 0.6 is 11.8 Å². The fourth-order valence-corrected chi connectivity index (χ4v) is 3.56. The lowest BCUT2D eigenvalue weighted by Gasteiger charge is -2.09. The van der Waals surface area contributed by atoms with Crippen LogP contribution in [0.1, 0.15) is 12.0 Å². The van der Waals surface area contributed by atoms with E-state index in [4.69, 9.17) is 0 Å². The zero-order valence-electron chi connectivity index (χ0n) is 12.1. The Balaban J connectivity index is 1.68. The molecule has 0 radical (unpaired) electrons. The molecule has 1 unspecified atom stereocenters. The number of aliphatic imine (C=N–C) groups is 1. The first-order valence-corrected chi connectivity index (χ1v) is 9.83. The van der Waals surface area contributed by atoms with Crippen LogP contribution in [0.25, 0.3) is 0 Å². The molecule has 5 nitrogen and oxygen atoms in total. The number of nitrogens with zero attached hydrogens (tertiary/aromatic N) is 1. The molecule has 1 aliphatic rings. The monoisotopic (exact) mass is 327 g/mol. The number of amidine groups is 1. The Morgan fingerprint density at radius 1 is 1.38 bits per heavy atom. The summed E-state index contributed by atoms with van der Waals surface area (Å²) in [5.74, 6) is 1.02. The Kier molecular flexibility index (Phi) is 6.08. The smallest absolute Gasteiger partial charge is 0.208 e. The van der Waals surface area contributed by atoms with Crippen molar-refractivity contribution in [1.29, 1.82) is 0 Å². The van der Waals surface area contributed by atoms with Crippen LogP contribution < -0.4 is 10.0 Å². The van der Waals surface area contributed by atoms with Gasteiger partial charge in [0.15, 0.2) is 5.17 Å². The van der Waals surface area contributed by atoms with E-state index in [1.165, 1.54) is 11.8 Å². The Morgan fingerprint density at radius 2 is 2.14 bits per heavy atom. The lowest BCUT2D eigenvalue weighted by Crippen LogP contribution is -2.29. The van der Waals surface area contributed by atoms with Crippen molar-refractivity contribution in [1.82, 2.24) is 10.0 Å². The summed E-state index contributed by atoms with van der Waals surface area (Å²) in [5.41, 5.74) is 1.33. The van der Waals surface area contributed by atoms with Crippen molar-refractivity contribution >= 4 is 27.0 Å². The number of hydrogen-bond acceptors (Lipinski definition) is 4. The third-order valence-electron chi connectivity index (χ3n) is 3.03.